The molecule has 3 atom stereocenters. The molecule has 162 valence electrons. The molecule has 0 bridgehead atoms. The number of primary amides is 1. The fraction of sp³-hybridized carbons (Fsp3) is 0.417. The zero-order chi connectivity index (χ0) is 22.2. The molecule has 6 nitrogen and oxygen atoms in total. The average Bonchev–Trinajstić information content (AvgIpc) is 3.52. The molecule has 1 unspecified atom stereocenters. The smallest absolute Gasteiger partial charge is 0.240 e. The van der Waals surface area contributed by atoms with Crippen molar-refractivity contribution in [3.63, 3.8) is 0 Å². The average molecular weight is 423 g/mol. The number of anilines is 1. The molecule has 0 spiro atoms. The molecule has 2 aliphatic rings. The first kappa shape index (κ1) is 21.3. The standard InChI is InChI=1S/C24H27FN4O2/c25-20-7-6-18(11-21(20)29-14-19(30)12-22(29)23(27)31)24(28,9-8-15-4-5-15)17-3-1-2-16(10-17)13-26/h1-3,6-7,10-11,15,19,22,30H,4-5,8-9,12,14,28H2,(H2,27,31)/t19-,22?,24-/m1/s1. The highest BCUT2D eigenvalue weighted by Crippen LogP contribution is 2.41. The number of aliphatic hydroxyl groups is 1. The van der Waals surface area contributed by atoms with Crippen LogP contribution in [0.25, 0.3) is 0 Å². The van der Waals surface area contributed by atoms with Gasteiger partial charge in [0.15, 0.2) is 0 Å². The van der Waals surface area contributed by atoms with Crippen molar-refractivity contribution in [2.75, 3.05) is 11.4 Å². The summed E-state index contributed by atoms with van der Waals surface area (Å²) >= 11 is 0. The summed E-state index contributed by atoms with van der Waals surface area (Å²) in [5.74, 6) is -0.454. The van der Waals surface area contributed by atoms with E-state index < -0.39 is 29.4 Å². The fourth-order valence-electron chi connectivity index (χ4n) is 4.52. The molecule has 1 heterocycles. The zero-order valence-corrected chi connectivity index (χ0v) is 17.3. The minimum absolute atomic E-state index is 0.123. The summed E-state index contributed by atoms with van der Waals surface area (Å²) in [7, 11) is 0. The van der Waals surface area contributed by atoms with Gasteiger partial charge < -0.3 is 21.5 Å². The molecule has 2 aromatic carbocycles. The van der Waals surface area contributed by atoms with Gasteiger partial charge in [0.05, 0.1) is 29.0 Å². The Bertz CT molecular complexity index is 1030. The van der Waals surface area contributed by atoms with E-state index in [9.17, 15) is 19.6 Å². The zero-order valence-electron chi connectivity index (χ0n) is 17.3. The van der Waals surface area contributed by atoms with E-state index in [2.05, 4.69) is 6.07 Å². The van der Waals surface area contributed by atoms with Gasteiger partial charge in [0.1, 0.15) is 11.9 Å². The van der Waals surface area contributed by atoms with E-state index in [1.54, 1.807) is 30.3 Å². The van der Waals surface area contributed by atoms with Gasteiger partial charge in [-0.15, -0.1) is 0 Å². The van der Waals surface area contributed by atoms with Crippen LogP contribution in [0.1, 0.15) is 48.8 Å². The van der Waals surface area contributed by atoms with Crippen LogP contribution in [0.15, 0.2) is 42.5 Å². The second-order valence-corrected chi connectivity index (χ2v) is 8.77. The van der Waals surface area contributed by atoms with Crippen LogP contribution in [-0.2, 0) is 10.3 Å². The molecular formula is C24H27FN4O2. The molecule has 0 radical (unpaired) electrons. The van der Waals surface area contributed by atoms with Crippen LogP contribution in [0.5, 0.6) is 0 Å². The van der Waals surface area contributed by atoms with Crippen LogP contribution in [0, 0.1) is 23.1 Å². The molecular weight excluding hydrogens is 395 g/mol. The number of nitrogens with zero attached hydrogens (tertiary/aromatic N) is 2. The first-order valence-corrected chi connectivity index (χ1v) is 10.7. The van der Waals surface area contributed by atoms with Crippen molar-refractivity contribution in [1.29, 1.82) is 5.26 Å². The summed E-state index contributed by atoms with van der Waals surface area (Å²) in [6.07, 6.45) is 3.37. The molecule has 31 heavy (non-hydrogen) atoms. The monoisotopic (exact) mass is 422 g/mol. The Morgan fingerprint density at radius 1 is 1.26 bits per heavy atom. The molecule has 1 amide bonds. The van der Waals surface area contributed by atoms with Crippen molar-refractivity contribution < 1.29 is 14.3 Å². The molecule has 1 aliphatic carbocycles. The van der Waals surface area contributed by atoms with Crippen LogP contribution in [0.2, 0.25) is 0 Å². The summed E-state index contributed by atoms with van der Waals surface area (Å²) in [4.78, 5) is 13.4. The van der Waals surface area contributed by atoms with Crippen LogP contribution >= 0.6 is 0 Å². The topological polar surface area (TPSA) is 116 Å². The Morgan fingerprint density at radius 2 is 2.00 bits per heavy atom. The lowest BCUT2D eigenvalue weighted by atomic mass is 9.79. The number of carbonyl (C=O) groups excluding carboxylic acids is 1. The molecule has 0 aromatic heterocycles. The highest BCUT2D eigenvalue weighted by atomic mass is 19.1. The lowest BCUT2D eigenvalue weighted by molar-refractivity contribution is -0.119. The minimum atomic E-state index is -0.918. The number of β-amino-alcohol motifs (C(OH)–C–C–N with tert-alkyl or cyclic N) is 1. The summed E-state index contributed by atoms with van der Waals surface area (Å²) in [6, 6.07) is 13.2. The Hall–Kier alpha value is -2.95. The fourth-order valence-corrected chi connectivity index (χ4v) is 4.52. The van der Waals surface area contributed by atoms with E-state index in [-0.39, 0.29) is 18.7 Å². The van der Waals surface area contributed by atoms with E-state index in [0.29, 0.717) is 23.5 Å². The second kappa shape index (κ2) is 8.29. The van der Waals surface area contributed by atoms with E-state index in [4.69, 9.17) is 11.5 Å². The van der Waals surface area contributed by atoms with Crippen molar-refractivity contribution in [3.8, 4) is 6.07 Å². The van der Waals surface area contributed by atoms with Crippen molar-refractivity contribution in [2.24, 2.45) is 17.4 Å². The van der Waals surface area contributed by atoms with Gasteiger partial charge in [-0.25, -0.2) is 4.39 Å². The maximum absolute atomic E-state index is 14.9. The van der Waals surface area contributed by atoms with Crippen molar-refractivity contribution in [3.05, 3.63) is 65.0 Å². The Balaban J connectivity index is 1.77. The van der Waals surface area contributed by atoms with Gasteiger partial charge in [-0.1, -0.05) is 31.0 Å². The van der Waals surface area contributed by atoms with E-state index in [1.807, 2.05) is 6.07 Å². The predicted octanol–water partition coefficient (Wildman–Crippen LogP) is 2.51. The third kappa shape index (κ3) is 4.27. The maximum Gasteiger partial charge on any atom is 0.240 e. The van der Waals surface area contributed by atoms with E-state index in [1.165, 1.54) is 23.8 Å². The molecule has 1 aliphatic heterocycles. The number of hydrogen-bond donors (Lipinski definition) is 3. The lowest BCUT2D eigenvalue weighted by Gasteiger charge is -2.33. The lowest BCUT2D eigenvalue weighted by Crippen LogP contribution is -2.42. The summed E-state index contributed by atoms with van der Waals surface area (Å²) in [5, 5.41) is 19.4. The maximum atomic E-state index is 14.9. The number of benzene rings is 2. The molecule has 4 rings (SSSR count). The van der Waals surface area contributed by atoms with Crippen LogP contribution in [0.3, 0.4) is 0 Å². The SMILES string of the molecule is N#Cc1cccc([C@](N)(CCC2CC2)c2ccc(F)c(N3C[C@H](O)CC3C(N)=O)c2)c1. The molecule has 5 N–H and O–H groups in total. The minimum Gasteiger partial charge on any atom is -0.391 e. The normalized spacial score (nSPS) is 22.7. The van der Waals surface area contributed by atoms with Crippen molar-refractivity contribution in [2.45, 2.75) is 49.8 Å². The largest absolute Gasteiger partial charge is 0.391 e. The molecule has 2 aromatic rings. The van der Waals surface area contributed by atoms with Crippen LogP contribution < -0.4 is 16.4 Å². The third-order valence-corrected chi connectivity index (χ3v) is 6.53. The van der Waals surface area contributed by atoms with Gasteiger partial charge in [-0.3, -0.25) is 4.79 Å². The number of hydrogen-bond acceptors (Lipinski definition) is 5. The van der Waals surface area contributed by atoms with Gasteiger partial charge in [0.2, 0.25) is 5.91 Å². The van der Waals surface area contributed by atoms with Gasteiger partial charge in [0.25, 0.3) is 0 Å². The van der Waals surface area contributed by atoms with Gasteiger partial charge in [0, 0.05) is 13.0 Å². The third-order valence-electron chi connectivity index (χ3n) is 6.53. The number of rotatable bonds is 7. The summed E-state index contributed by atoms with van der Waals surface area (Å²) in [5.41, 5.74) is 13.8. The molecule has 1 saturated heterocycles. The summed E-state index contributed by atoms with van der Waals surface area (Å²) < 4.78 is 14.9. The number of aliphatic hydroxyl groups excluding tert-OH is 1. The quantitative estimate of drug-likeness (QED) is 0.634. The number of nitriles is 1. The predicted molar refractivity (Wildman–Crippen MR) is 115 cm³/mol. The molecule has 2 fully saturated rings. The molecule has 7 heteroatoms. The second-order valence-electron chi connectivity index (χ2n) is 8.77. The van der Waals surface area contributed by atoms with E-state index >= 15 is 0 Å². The van der Waals surface area contributed by atoms with Crippen LogP contribution in [0.4, 0.5) is 10.1 Å². The first-order valence-electron chi connectivity index (χ1n) is 10.7. The number of halogens is 1. The Morgan fingerprint density at radius 3 is 2.68 bits per heavy atom. The highest BCUT2D eigenvalue weighted by molar-refractivity contribution is 5.84. The first-order chi connectivity index (χ1) is 14.8. The Kier molecular flexibility index (Phi) is 5.69. The number of nitrogens with two attached hydrogens (primary N) is 2. The van der Waals surface area contributed by atoms with Gasteiger partial charge >= 0.3 is 0 Å². The number of carbonyl (C=O) groups is 1. The summed E-state index contributed by atoms with van der Waals surface area (Å²) in [6.45, 7) is 0.123. The number of amides is 1. The van der Waals surface area contributed by atoms with Gasteiger partial charge in [-0.2, -0.15) is 5.26 Å². The molecule has 1 saturated carbocycles. The van der Waals surface area contributed by atoms with Crippen LogP contribution in [-0.4, -0.2) is 29.7 Å². The Labute approximate surface area is 181 Å². The van der Waals surface area contributed by atoms with E-state index in [0.717, 1.165) is 12.0 Å². The van der Waals surface area contributed by atoms with Crippen molar-refractivity contribution >= 4 is 11.6 Å². The highest BCUT2D eigenvalue weighted by Gasteiger charge is 2.38. The van der Waals surface area contributed by atoms with Gasteiger partial charge in [-0.05, 0) is 54.2 Å². The van der Waals surface area contributed by atoms with Crippen molar-refractivity contribution in [1.82, 2.24) is 0 Å².